The minimum atomic E-state index is -6.09. The second-order valence-electron chi connectivity index (χ2n) is 5.50. The summed E-state index contributed by atoms with van der Waals surface area (Å²) in [5.74, 6) is -1.01. The number of aromatic carboxylic acids is 1. The minimum Gasteiger partial charge on any atom is -0.741 e. The number of benzene rings is 2. The molecule has 3 aromatic rings. The maximum Gasteiger partial charge on any atom is 0.485 e. The van der Waals surface area contributed by atoms with Crippen LogP contribution < -0.4 is 0 Å². The molecule has 0 spiro atoms. The van der Waals surface area contributed by atoms with E-state index < -0.39 is 32.5 Å². The topological polar surface area (TPSA) is 107 Å². The normalized spacial score (nSPS) is 11.5. The van der Waals surface area contributed by atoms with Gasteiger partial charge in [-0.1, -0.05) is 42.5 Å². The van der Waals surface area contributed by atoms with Gasteiger partial charge in [0.15, 0.2) is 25.6 Å². The molecule has 0 fully saturated rings. The van der Waals surface area contributed by atoms with Crippen LogP contribution in [0.15, 0.2) is 93.7 Å². The SMILES string of the molecule is O=C(O)c1cccc([S+](c2ccccc2)c2ccccc2)n1.O=S(=O)([O-])C(F)(F)F. The fourth-order valence-electron chi connectivity index (χ4n) is 2.14. The van der Waals surface area contributed by atoms with Crippen LogP contribution in [0.5, 0.6) is 0 Å². The monoisotopic (exact) mass is 457 g/mol. The van der Waals surface area contributed by atoms with Crippen molar-refractivity contribution in [2.45, 2.75) is 20.3 Å². The Hall–Kier alpha value is -2.89. The molecule has 6 nitrogen and oxygen atoms in total. The highest BCUT2D eigenvalue weighted by Gasteiger charge is 2.37. The summed E-state index contributed by atoms with van der Waals surface area (Å²) in [7, 11) is -6.51. The van der Waals surface area contributed by atoms with E-state index in [4.69, 9.17) is 13.0 Å². The number of carboxylic acids is 1. The van der Waals surface area contributed by atoms with Gasteiger partial charge in [-0.05, 0) is 30.3 Å². The van der Waals surface area contributed by atoms with E-state index >= 15 is 0 Å². The van der Waals surface area contributed by atoms with E-state index in [1.54, 1.807) is 6.07 Å². The molecule has 0 saturated carbocycles. The van der Waals surface area contributed by atoms with Crippen LogP contribution >= 0.6 is 0 Å². The van der Waals surface area contributed by atoms with Gasteiger partial charge in [0.2, 0.25) is 0 Å². The number of hydrogen-bond acceptors (Lipinski definition) is 5. The second kappa shape index (κ2) is 9.74. The van der Waals surface area contributed by atoms with Crippen LogP contribution in [0.4, 0.5) is 13.2 Å². The van der Waals surface area contributed by atoms with E-state index in [0.717, 1.165) is 14.8 Å². The number of nitrogens with zero attached hydrogens (tertiary/aromatic N) is 1. The zero-order chi connectivity index (χ0) is 22.4. The smallest absolute Gasteiger partial charge is 0.485 e. The van der Waals surface area contributed by atoms with Crippen LogP contribution in [-0.2, 0) is 21.0 Å². The summed E-state index contributed by atoms with van der Waals surface area (Å²) >= 11 is 0. The van der Waals surface area contributed by atoms with Gasteiger partial charge in [0.1, 0.15) is 10.9 Å². The standard InChI is InChI=1S/C18H13NO2S.CHF3O3S/c20-18(21)16-12-7-13-17(19-16)22(14-8-3-1-4-9-14)15-10-5-2-6-11-15;2-1(3,4)8(5,6)7/h1-13H;(H,5,6,7). The van der Waals surface area contributed by atoms with Crippen LogP contribution in [0.1, 0.15) is 10.5 Å². The number of alkyl halides is 3. The van der Waals surface area contributed by atoms with Gasteiger partial charge >= 0.3 is 11.5 Å². The van der Waals surface area contributed by atoms with Crippen molar-refractivity contribution in [3.05, 3.63) is 84.6 Å². The first kappa shape index (κ1) is 23.4. The van der Waals surface area contributed by atoms with Crippen molar-refractivity contribution in [3.63, 3.8) is 0 Å². The quantitative estimate of drug-likeness (QED) is 0.361. The minimum absolute atomic E-state index is 0.0712. The Morgan fingerprint density at radius 2 is 1.30 bits per heavy atom. The highest BCUT2D eigenvalue weighted by molar-refractivity contribution is 7.97. The van der Waals surface area contributed by atoms with Crippen molar-refractivity contribution in [1.82, 2.24) is 4.98 Å². The fourth-order valence-corrected chi connectivity index (χ4v) is 4.16. The number of aromatic nitrogens is 1. The van der Waals surface area contributed by atoms with Crippen molar-refractivity contribution >= 4 is 27.0 Å². The summed E-state index contributed by atoms with van der Waals surface area (Å²) in [4.78, 5) is 17.8. The lowest BCUT2D eigenvalue weighted by Gasteiger charge is -2.08. The first-order valence-electron chi connectivity index (χ1n) is 8.07. The van der Waals surface area contributed by atoms with Crippen LogP contribution in [0, 0.1) is 0 Å². The third-order valence-corrected chi connectivity index (χ3v) is 6.09. The fraction of sp³-hybridized carbons (Fsp3) is 0.0526. The molecule has 0 atom stereocenters. The van der Waals surface area contributed by atoms with Crippen molar-refractivity contribution in [2.75, 3.05) is 0 Å². The predicted octanol–water partition coefficient (Wildman–Crippen LogP) is 3.93. The van der Waals surface area contributed by atoms with Crippen molar-refractivity contribution in [1.29, 1.82) is 0 Å². The van der Waals surface area contributed by atoms with Gasteiger partial charge in [-0.2, -0.15) is 18.2 Å². The lowest BCUT2D eigenvalue weighted by Crippen LogP contribution is -2.21. The second-order valence-corrected chi connectivity index (χ2v) is 8.84. The Morgan fingerprint density at radius 3 is 1.67 bits per heavy atom. The zero-order valence-electron chi connectivity index (χ0n) is 15.0. The molecule has 0 amide bonds. The summed E-state index contributed by atoms with van der Waals surface area (Å²) < 4.78 is 58.9. The molecule has 0 aliphatic carbocycles. The molecule has 2 aromatic carbocycles. The molecule has 30 heavy (non-hydrogen) atoms. The summed E-state index contributed by atoms with van der Waals surface area (Å²) in [5, 5.41) is 9.93. The van der Waals surface area contributed by atoms with Crippen molar-refractivity contribution < 1.29 is 36.0 Å². The van der Waals surface area contributed by atoms with Gasteiger partial charge in [-0.15, -0.1) is 0 Å². The Labute approximate surface area is 173 Å². The molecular weight excluding hydrogens is 443 g/mol. The highest BCUT2D eigenvalue weighted by Crippen LogP contribution is 2.29. The van der Waals surface area contributed by atoms with Gasteiger partial charge in [0, 0.05) is 6.07 Å². The molecule has 0 aliphatic heterocycles. The first-order valence-corrected chi connectivity index (χ1v) is 10.7. The molecule has 1 heterocycles. The van der Waals surface area contributed by atoms with E-state index in [2.05, 4.69) is 4.98 Å². The molecule has 0 unspecified atom stereocenters. The van der Waals surface area contributed by atoms with Gasteiger partial charge in [0.05, 0.1) is 0 Å². The lowest BCUT2D eigenvalue weighted by molar-refractivity contribution is -0.0517. The lowest BCUT2D eigenvalue weighted by atomic mass is 10.4. The summed E-state index contributed by atoms with van der Waals surface area (Å²) in [5.41, 5.74) is -5.57. The van der Waals surface area contributed by atoms with E-state index in [-0.39, 0.29) is 5.69 Å². The third kappa shape index (κ3) is 6.31. The van der Waals surface area contributed by atoms with Crippen molar-refractivity contribution in [2.24, 2.45) is 0 Å². The summed E-state index contributed by atoms with van der Waals surface area (Å²) in [6, 6.07) is 25.2. The summed E-state index contributed by atoms with van der Waals surface area (Å²) in [6.45, 7) is 0. The van der Waals surface area contributed by atoms with E-state index in [1.807, 2.05) is 66.7 Å². The molecular formula is C19H14F3NO5S2. The predicted molar refractivity (Wildman–Crippen MR) is 102 cm³/mol. The number of halogens is 3. The van der Waals surface area contributed by atoms with Gasteiger partial charge < -0.3 is 9.66 Å². The Kier molecular flexibility index (Phi) is 7.59. The van der Waals surface area contributed by atoms with Crippen molar-refractivity contribution in [3.8, 4) is 0 Å². The Balaban J connectivity index is 0.000000343. The number of rotatable bonds is 4. The van der Waals surface area contributed by atoms with Crippen LogP contribution in [0.2, 0.25) is 0 Å². The maximum atomic E-state index is 11.2. The van der Waals surface area contributed by atoms with E-state index in [9.17, 15) is 23.1 Å². The molecule has 0 saturated heterocycles. The largest absolute Gasteiger partial charge is 0.741 e. The Morgan fingerprint density at radius 1 is 0.867 bits per heavy atom. The molecule has 1 aromatic heterocycles. The van der Waals surface area contributed by atoms with Crippen LogP contribution in [-0.4, -0.2) is 34.5 Å². The average Bonchev–Trinajstić information content (AvgIpc) is 2.69. The number of hydrogen-bond donors (Lipinski definition) is 1. The highest BCUT2D eigenvalue weighted by atomic mass is 32.2. The Bertz CT molecular complexity index is 1050. The molecule has 1 N–H and O–H groups in total. The first-order chi connectivity index (χ1) is 14.0. The van der Waals surface area contributed by atoms with Gasteiger partial charge in [-0.25, -0.2) is 13.2 Å². The number of pyridine rings is 1. The maximum absolute atomic E-state index is 11.2. The molecule has 0 aliphatic rings. The van der Waals surface area contributed by atoms with E-state index in [1.165, 1.54) is 6.07 Å². The van der Waals surface area contributed by atoms with Crippen LogP contribution in [0.25, 0.3) is 0 Å². The van der Waals surface area contributed by atoms with Gasteiger partial charge in [-0.3, -0.25) is 0 Å². The zero-order valence-corrected chi connectivity index (χ0v) is 16.6. The molecule has 11 heteroatoms. The summed E-state index contributed by atoms with van der Waals surface area (Å²) in [6.07, 6.45) is 0. The molecule has 0 bridgehead atoms. The molecule has 0 radical (unpaired) electrons. The average molecular weight is 457 g/mol. The number of carbonyl (C=O) groups is 1. The van der Waals surface area contributed by atoms with Gasteiger partial charge in [0.25, 0.3) is 5.03 Å². The van der Waals surface area contributed by atoms with E-state index in [0.29, 0.717) is 0 Å². The molecule has 3 rings (SSSR count). The molecule has 158 valence electrons. The third-order valence-electron chi connectivity index (χ3n) is 3.39. The number of carboxylic acid groups (broad SMARTS) is 1. The van der Waals surface area contributed by atoms with Crippen LogP contribution in [0.3, 0.4) is 0 Å².